The highest BCUT2D eigenvalue weighted by Gasteiger charge is 2.06. The van der Waals surface area contributed by atoms with Crippen molar-refractivity contribution in [1.29, 1.82) is 0 Å². The second kappa shape index (κ2) is 29.9. The number of carbonyl (C=O) groups is 6. The lowest BCUT2D eigenvalue weighted by atomic mass is 10.0. The number of carboxylic acids is 3. The summed E-state index contributed by atoms with van der Waals surface area (Å²) in [5.74, 6) is -4.54. The minimum atomic E-state index is -0.987. The SMILES string of the molecule is C=C(C)C(=O)OCCC(=O)O.C=C(C)C(=O)OCCC(=O)O.C=C(C)C(=O)OCCC(=O)O.OCCC(CO)CCO. The van der Waals surface area contributed by atoms with Crippen molar-refractivity contribution in [3.05, 3.63) is 36.5 Å². The highest BCUT2D eigenvalue weighted by atomic mass is 16.5. The second-order valence-corrected chi connectivity index (χ2v) is 8.25. The van der Waals surface area contributed by atoms with Crippen LogP contribution in [0.1, 0.15) is 52.9 Å². The number of hydrogen-bond acceptors (Lipinski definition) is 12. The van der Waals surface area contributed by atoms with E-state index in [4.69, 9.17) is 30.6 Å². The van der Waals surface area contributed by atoms with Crippen molar-refractivity contribution >= 4 is 35.8 Å². The highest BCUT2D eigenvalue weighted by Crippen LogP contribution is 2.05. The van der Waals surface area contributed by atoms with E-state index in [-0.39, 0.29) is 81.5 Å². The minimum Gasteiger partial charge on any atom is -0.481 e. The molecule has 15 nitrogen and oxygen atoms in total. The van der Waals surface area contributed by atoms with Crippen LogP contribution in [0.4, 0.5) is 0 Å². The van der Waals surface area contributed by atoms with Crippen molar-refractivity contribution in [2.75, 3.05) is 39.6 Å². The smallest absolute Gasteiger partial charge is 0.333 e. The molecular formula is C27H44O15. The molecule has 15 heteroatoms. The molecule has 0 aliphatic heterocycles. The van der Waals surface area contributed by atoms with Crippen LogP contribution >= 0.6 is 0 Å². The fraction of sp³-hybridized carbons (Fsp3) is 0.556. The van der Waals surface area contributed by atoms with Gasteiger partial charge >= 0.3 is 35.8 Å². The largest absolute Gasteiger partial charge is 0.481 e. The van der Waals surface area contributed by atoms with Crippen molar-refractivity contribution in [2.24, 2.45) is 5.92 Å². The number of esters is 3. The Morgan fingerprint density at radius 3 is 0.929 bits per heavy atom. The maximum absolute atomic E-state index is 10.6. The van der Waals surface area contributed by atoms with Crippen molar-refractivity contribution in [2.45, 2.75) is 52.9 Å². The fourth-order valence-corrected chi connectivity index (χ4v) is 1.75. The normalized spacial score (nSPS) is 9.21. The van der Waals surface area contributed by atoms with Crippen LogP contribution in [0.15, 0.2) is 36.5 Å². The van der Waals surface area contributed by atoms with Crippen LogP contribution in [-0.2, 0) is 43.0 Å². The quantitative estimate of drug-likeness (QED) is 0.0768. The van der Waals surface area contributed by atoms with Gasteiger partial charge in [0.1, 0.15) is 19.8 Å². The summed E-state index contributed by atoms with van der Waals surface area (Å²) in [7, 11) is 0. The summed E-state index contributed by atoms with van der Waals surface area (Å²) in [6.07, 6.45) is 0.658. The standard InChI is InChI=1S/3C7H10O4.C6H14O3/c3*1-5(2)7(10)11-4-3-6(8)9;7-3-1-6(5-9)2-4-8/h3*1,3-4H2,2H3,(H,8,9);6-9H,1-5H2. The molecule has 6 N–H and O–H groups in total. The van der Waals surface area contributed by atoms with Gasteiger partial charge in [0.25, 0.3) is 0 Å². The van der Waals surface area contributed by atoms with Gasteiger partial charge < -0.3 is 44.8 Å². The summed E-state index contributed by atoms with van der Waals surface area (Å²) >= 11 is 0. The Hall–Kier alpha value is -4.08. The Bertz CT molecular complexity index is 771. The van der Waals surface area contributed by atoms with Gasteiger partial charge in [-0.1, -0.05) is 19.7 Å². The monoisotopic (exact) mass is 608 g/mol. The molecule has 0 aliphatic carbocycles. The van der Waals surface area contributed by atoms with Crippen LogP contribution in [0.5, 0.6) is 0 Å². The third-order valence-corrected chi connectivity index (χ3v) is 4.03. The van der Waals surface area contributed by atoms with E-state index in [1.165, 1.54) is 20.8 Å². The molecule has 0 saturated carbocycles. The maximum atomic E-state index is 10.6. The van der Waals surface area contributed by atoms with Gasteiger partial charge in [-0.2, -0.15) is 0 Å². The number of ether oxygens (including phenoxy) is 3. The third-order valence-electron chi connectivity index (χ3n) is 4.03. The molecule has 0 atom stereocenters. The topological polar surface area (TPSA) is 251 Å². The highest BCUT2D eigenvalue weighted by molar-refractivity contribution is 5.87. The lowest BCUT2D eigenvalue weighted by Gasteiger charge is -2.08. The van der Waals surface area contributed by atoms with E-state index >= 15 is 0 Å². The third kappa shape index (κ3) is 38.1. The van der Waals surface area contributed by atoms with E-state index in [0.717, 1.165) is 0 Å². The molecule has 0 aromatic heterocycles. The van der Waals surface area contributed by atoms with E-state index in [1.807, 2.05) is 0 Å². The summed E-state index contributed by atoms with van der Waals surface area (Å²) in [4.78, 5) is 61.6. The van der Waals surface area contributed by atoms with Crippen molar-refractivity contribution < 1.29 is 73.6 Å². The van der Waals surface area contributed by atoms with E-state index in [1.54, 1.807) is 0 Å². The van der Waals surface area contributed by atoms with Crippen LogP contribution in [0, 0.1) is 5.92 Å². The van der Waals surface area contributed by atoms with Crippen molar-refractivity contribution in [1.82, 2.24) is 0 Å². The zero-order chi connectivity index (χ0) is 33.7. The van der Waals surface area contributed by atoms with Crippen molar-refractivity contribution in [3.8, 4) is 0 Å². The van der Waals surface area contributed by atoms with Gasteiger partial charge in [-0.3, -0.25) is 14.4 Å². The average Bonchev–Trinajstić information content (AvgIpc) is 2.88. The van der Waals surface area contributed by atoms with Gasteiger partial charge in [0.2, 0.25) is 0 Å². The number of carbonyl (C=O) groups excluding carboxylic acids is 3. The second-order valence-electron chi connectivity index (χ2n) is 8.25. The molecule has 0 aromatic rings. The molecule has 42 heavy (non-hydrogen) atoms. The summed E-state index contributed by atoms with van der Waals surface area (Å²) in [6.45, 7) is 14.4. The average molecular weight is 609 g/mol. The first-order valence-electron chi connectivity index (χ1n) is 12.4. The number of hydrogen-bond donors (Lipinski definition) is 6. The zero-order valence-electron chi connectivity index (χ0n) is 24.3. The number of carboxylic acid groups (broad SMARTS) is 3. The molecule has 0 fully saturated rings. The summed E-state index contributed by atoms with van der Waals surface area (Å²) in [5.41, 5.74) is 0.821. The Morgan fingerprint density at radius 1 is 0.548 bits per heavy atom. The first-order valence-corrected chi connectivity index (χ1v) is 12.4. The maximum Gasteiger partial charge on any atom is 0.333 e. The van der Waals surface area contributed by atoms with Gasteiger partial charge in [0.05, 0.1) is 19.3 Å². The van der Waals surface area contributed by atoms with Crippen LogP contribution in [0.25, 0.3) is 0 Å². The molecule has 0 unspecified atom stereocenters. The molecule has 0 bridgehead atoms. The molecule has 0 heterocycles. The molecule has 0 rings (SSSR count). The molecule has 0 aliphatic rings. The number of aliphatic hydroxyl groups is 3. The van der Waals surface area contributed by atoms with Gasteiger partial charge in [-0.15, -0.1) is 0 Å². The van der Waals surface area contributed by atoms with E-state index < -0.39 is 35.8 Å². The Labute approximate surface area is 244 Å². The first-order chi connectivity index (χ1) is 19.5. The molecular weight excluding hydrogens is 564 g/mol. The van der Waals surface area contributed by atoms with Crippen LogP contribution in [-0.4, -0.2) is 106 Å². The fourth-order valence-electron chi connectivity index (χ4n) is 1.75. The lowest BCUT2D eigenvalue weighted by Crippen LogP contribution is -2.09. The zero-order valence-corrected chi connectivity index (χ0v) is 24.3. The molecule has 0 spiro atoms. The van der Waals surface area contributed by atoms with Crippen molar-refractivity contribution in [3.63, 3.8) is 0 Å². The van der Waals surface area contributed by atoms with Crippen LogP contribution in [0.2, 0.25) is 0 Å². The lowest BCUT2D eigenvalue weighted by molar-refractivity contribution is -0.145. The number of rotatable bonds is 17. The molecule has 0 saturated heterocycles. The Balaban J connectivity index is -0.000000230. The van der Waals surface area contributed by atoms with Gasteiger partial charge in [0.15, 0.2) is 0 Å². The summed E-state index contributed by atoms with van der Waals surface area (Å²) in [5, 5.41) is 49.8. The minimum absolute atomic E-state index is 0.0567. The summed E-state index contributed by atoms with van der Waals surface area (Å²) < 4.78 is 13.5. The molecule has 0 radical (unpaired) electrons. The van der Waals surface area contributed by atoms with E-state index in [9.17, 15) is 28.8 Å². The van der Waals surface area contributed by atoms with Gasteiger partial charge in [-0.05, 0) is 39.5 Å². The predicted octanol–water partition coefficient (Wildman–Crippen LogP) is 1.10. The molecule has 0 amide bonds. The molecule has 242 valence electrons. The van der Waals surface area contributed by atoms with E-state index in [2.05, 4.69) is 33.9 Å². The molecule has 0 aromatic carbocycles. The van der Waals surface area contributed by atoms with Gasteiger partial charge in [0, 0.05) is 36.5 Å². The Kier molecular flexibility index (Phi) is 32.0. The van der Waals surface area contributed by atoms with Gasteiger partial charge in [-0.25, -0.2) is 14.4 Å². The Morgan fingerprint density at radius 2 is 0.786 bits per heavy atom. The van der Waals surface area contributed by atoms with E-state index in [0.29, 0.717) is 12.8 Å². The van der Waals surface area contributed by atoms with Crippen LogP contribution in [0.3, 0.4) is 0 Å². The number of aliphatic hydroxyl groups excluding tert-OH is 3. The number of aliphatic carboxylic acids is 3. The van der Waals surface area contributed by atoms with Crippen LogP contribution < -0.4 is 0 Å². The summed E-state index contributed by atoms with van der Waals surface area (Å²) in [6, 6.07) is 0. The predicted molar refractivity (Wildman–Crippen MR) is 148 cm³/mol. The first kappa shape index (κ1) is 44.9.